The zero-order valence-electron chi connectivity index (χ0n) is 11.2. The molecule has 104 valence electrons. The predicted molar refractivity (Wildman–Crippen MR) is 72.8 cm³/mol. The molecule has 0 saturated heterocycles. The van der Waals surface area contributed by atoms with E-state index in [4.69, 9.17) is 4.42 Å². The Morgan fingerprint density at radius 3 is 2.85 bits per heavy atom. The van der Waals surface area contributed by atoms with Crippen molar-refractivity contribution in [3.63, 3.8) is 0 Å². The highest BCUT2D eigenvalue weighted by Crippen LogP contribution is 2.09. The standard InChI is InChI=1S/C13H14N4O3/c1-3-9-14-10-11(15-9)17(7-8-5-4-6-20-8)13(19)16(2)12(10)18/h4-6H,3,7H2,1-2H3,(H,14,15). The molecule has 0 fully saturated rings. The van der Waals surface area contributed by atoms with Gasteiger partial charge in [-0.05, 0) is 12.1 Å². The molecule has 3 rings (SSSR count). The quantitative estimate of drug-likeness (QED) is 0.759. The third-order valence-corrected chi connectivity index (χ3v) is 3.25. The van der Waals surface area contributed by atoms with Gasteiger partial charge in [0.05, 0.1) is 12.8 Å². The molecule has 0 bridgehead atoms. The molecule has 0 radical (unpaired) electrons. The monoisotopic (exact) mass is 274 g/mol. The van der Waals surface area contributed by atoms with Gasteiger partial charge in [0.15, 0.2) is 5.65 Å². The molecule has 1 N–H and O–H groups in total. The number of nitrogens with one attached hydrogen (secondary N) is 1. The van der Waals surface area contributed by atoms with Crippen molar-refractivity contribution in [1.29, 1.82) is 0 Å². The zero-order valence-corrected chi connectivity index (χ0v) is 11.2. The largest absolute Gasteiger partial charge is 0.467 e. The second-order valence-corrected chi connectivity index (χ2v) is 4.55. The van der Waals surface area contributed by atoms with Crippen molar-refractivity contribution in [3.05, 3.63) is 50.8 Å². The topological polar surface area (TPSA) is 85.8 Å². The minimum Gasteiger partial charge on any atom is -0.467 e. The van der Waals surface area contributed by atoms with Gasteiger partial charge < -0.3 is 9.40 Å². The molecule has 0 aromatic carbocycles. The number of rotatable bonds is 3. The summed E-state index contributed by atoms with van der Waals surface area (Å²) in [6.07, 6.45) is 2.20. The first-order valence-electron chi connectivity index (χ1n) is 6.32. The fourth-order valence-electron chi connectivity index (χ4n) is 2.15. The second kappa shape index (κ2) is 4.52. The van der Waals surface area contributed by atoms with Gasteiger partial charge in [0, 0.05) is 13.5 Å². The molecule has 3 aromatic rings. The van der Waals surface area contributed by atoms with Crippen LogP contribution in [0.5, 0.6) is 0 Å². The van der Waals surface area contributed by atoms with E-state index in [0.717, 1.165) is 4.57 Å². The van der Waals surface area contributed by atoms with Crippen LogP contribution >= 0.6 is 0 Å². The maximum absolute atomic E-state index is 12.3. The van der Waals surface area contributed by atoms with Crippen LogP contribution in [-0.4, -0.2) is 19.1 Å². The Morgan fingerprint density at radius 2 is 2.20 bits per heavy atom. The molecule has 0 aliphatic carbocycles. The molecule has 7 heteroatoms. The third-order valence-electron chi connectivity index (χ3n) is 3.25. The molecular weight excluding hydrogens is 260 g/mol. The molecule has 0 unspecified atom stereocenters. The minimum absolute atomic E-state index is 0.241. The van der Waals surface area contributed by atoms with Crippen LogP contribution in [0.3, 0.4) is 0 Å². The minimum atomic E-state index is -0.409. The average Bonchev–Trinajstić information content (AvgIpc) is 3.10. The molecule has 0 amide bonds. The van der Waals surface area contributed by atoms with Crippen molar-refractivity contribution in [3.8, 4) is 0 Å². The fourth-order valence-corrected chi connectivity index (χ4v) is 2.15. The van der Waals surface area contributed by atoms with Crippen LogP contribution in [0.15, 0.2) is 32.4 Å². The first kappa shape index (κ1) is 12.5. The van der Waals surface area contributed by atoms with Crippen molar-refractivity contribution in [2.24, 2.45) is 7.05 Å². The number of aromatic nitrogens is 4. The van der Waals surface area contributed by atoms with E-state index in [9.17, 15) is 9.59 Å². The number of hydrogen-bond donors (Lipinski definition) is 1. The van der Waals surface area contributed by atoms with Crippen LogP contribution in [0.1, 0.15) is 18.5 Å². The Morgan fingerprint density at radius 1 is 1.40 bits per heavy atom. The van der Waals surface area contributed by atoms with Crippen molar-refractivity contribution in [1.82, 2.24) is 19.1 Å². The molecule has 3 heterocycles. The molecule has 20 heavy (non-hydrogen) atoms. The van der Waals surface area contributed by atoms with Gasteiger partial charge in [-0.25, -0.2) is 9.78 Å². The van der Waals surface area contributed by atoms with Crippen molar-refractivity contribution in [2.75, 3.05) is 0 Å². The lowest BCUT2D eigenvalue weighted by Crippen LogP contribution is -2.38. The van der Waals surface area contributed by atoms with E-state index in [0.29, 0.717) is 29.2 Å². The first-order valence-corrected chi connectivity index (χ1v) is 6.32. The maximum atomic E-state index is 12.3. The van der Waals surface area contributed by atoms with Crippen molar-refractivity contribution >= 4 is 11.2 Å². The van der Waals surface area contributed by atoms with Gasteiger partial charge in [-0.1, -0.05) is 6.92 Å². The number of aromatic amines is 1. The Bertz CT molecular complexity index is 868. The van der Waals surface area contributed by atoms with Crippen LogP contribution in [0.2, 0.25) is 0 Å². The third kappa shape index (κ3) is 1.78. The number of hydrogen-bond acceptors (Lipinski definition) is 4. The van der Waals surface area contributed by atoms with Crippen molar-refractivity contribution in [2.45, 2.75) is 19.9 Å². The molecule has 0 aliphatic rings. The summed E-state index contributed by atoms with van der Waals surface area (Å²) >= 11 is 0. The van der Waals surface area contributed by atoms with Crippen LogP contribution in [0, 0.1) is 0 Å². The number of furan rings is 1. The number of aryl methyl sites for hydroxylation is 1. The number of H-pyrrole nitrogens is 1. The average molecular weight is 274 g/mol. The summed E-state index contributed by atoms with van der Waals surface area (Å²) in [4.78, 5) is 31.6. The summed E-state index contributed by atoms with van der Waals surface area (Å²) in [6, 6.07) is 3.53. The van der Waals surface area contributed by atoms with Gasteiger partial charge in [-0.15, -0.1) is 0 Å². The molecule has 7 nitrogen and oxygen atoms in total. The molecule has 0 saturated carbocycles. The smallest absolute Gasteiger partial charge is 0.332 e. The lowest BCUT2D eigenvalue weighted by atomic mass is 10.4. The number of imidazole rings is 1. The van der Waals surface area contributed by atoms with Gasteiger partial charge >= 0.3 is 5.69 Å². The van der Waals surface area contributed by atoms with Crippen molar-refractivity contribution < 1.29 is 4.42 Å². The van der Waals surface area contributed by atoms with Crippen LogP contribution < -0.4 is 11.2 Å². The Balaban J connectivity index is 2.31. The van der Waals surface area contributed by atoms with E-state index in [1.165, 1.54) is 11.6 Å². The second-order valence-electron chi connectivity index (χ2n) is 4.55. The van der Waals surface area contributed by atoms with E-state index in [-0.39, 0.29) is 12.1 Å². The predicted octanol–water partition coefficient (Wildman–Crippen LogP) is 0.627. The van der Waals surface area contributed by atoms with E-state index >= 15 is 0 Å². The highest BCUT2D eigenvalue weighted by molar-refractivity contribution is 5.69. The van der Waals surface area contributed by atoms with E-state index in [1.54, 1.807) is 18.4 Å². The van der Waals surface area contributed by atoms with Gasteiger partial charge in [0.2, 0.25) is 0 Å². The van der Waals surface area contributed by atoms with Crippen LogP contribution in [-0.2, 0) is 20.0 Å². The van der Waals surface area contributed by atoms with E-state index in [1.807, 2.05) is 6.92 Å². The molecular formula is C13H14N4O3. The summed E-state index contributed by atoms with van der Waals surface area (Å²) in [5, 5.41) is 0. The molecule has 0 spiro atoms. The molecule has 3 aromatic heterocycles. The fraction of sp³-hybridized carbons (Fsp3) is 0.308. The maximum Gasteiger partial charge on any atom is 0.332 e. The van der Waals surface area contributed by atoms with Gasteiger partial charge in [0.1, 0.15) is 17.1 Å². The lowest BCUT2D eigenvalue weighted by Gasteiger charge is -2.06. The van der Waals surface area contributed by atoms with E-state index < -0.39 is 5.69 Å². The Hall–Kier alpha value is -2.57. The number of nitrogens with zero attached hydrogens (tertiary/aromatic N) is 3. The number of fused-ring (bicyclic) bond motifs is 1. The summed E-state index contributed by atoms with van der Waals surface area (Å²) in [5.74, 6) is 1.31. The normalized spacial score (nSPS) is 11.3. The first-order chi connectivity index (χ1) is 9.61. The highest BCUT2D eigenvalue weighted by atomic mass is 16.3. The SMILES string of the molecule is CCc1nc2c([nH]1)c(=O)n(C)c(=O)n2Cc1ccco1. The molecule has 0 atom stereocenters. The zero-order chi connectivity index (χ0) is 14.3. The van der Waals surface area contributed by atoms with Gasteiger partial charge in [0.25, 0.3) is 5.56 Å². The lowest BCUT2D eigenvalue weighted by molar-refractivity contribution is 0.486. The summed E-state index contributed by atoms with van der Waals surface area (Å²) in [7, 11) is 1.45. The highest BCUT2D eigenvalue weighted by Gasteiger charge is 2.15. The van der Waals surface area contributed by atoms with Crippen LogP contribution in [0.4, 0.5) is 0 Å². The van der Waals surface area contributed by atoms with Gasteiger partial charge in [-0.3, -0.25) is 13.9 Å². The van der Waals surface area contributed by atoms with Crippen LogP contribution in [0.25, 0.3) is 11.2 Å². The Labute approximate surface area is 113 Å². The summed E-state index contributed by atoms with van der Waals surface area (Å²) < 4.78 is 7.77. The van der Waals surface area contributed by atoms with E-state index in [2.05, 4.69) is 9.97 Å². The van der Waals surface area contributed by atoms with Gasteiger partial charge in [-0.2, -0.15) is 0 Å². The summed E-state index contributed by atoms with van der Waals surface area (Å²) in [6.45, 7) is 2.17. The Kier molecular flexibility index (Phi) is 2.81. The summed E-state index contributed by atoms with van der Waals surface area (Å²) in [5.41, 5.74) is -0.0668. The molecule has 0 aliphatic heterocycles.